The molecular weight excluding hydrogens is 268 g/mol. The molecule has 0 fully saturated rings. The Kier molecular flexibility index (Phi) is 24.1. The Labute approximate surface area is 106 Å². The van der Waals surface area contributed by atoms with Crippen LogP contribution in [-0.2, 0) is 33.6 Å². The fraction of sp³-hybridized carbons (Fsp3) is 0.889. The Morgan fingerprint density at radius 3 is 1.85 bits per heavy atom. The maximum absolute atomic E-state index is 4.49. The summed E-state index contributed by atoms with van der Waals surface area (Å²) in [6.45, 7) is 10.4. The molecule has 4 heteroatoms. The van der Waals surface area contributed by atoms with Crippen molar-refractivity contribution in [2.45, 2.75) is 39.4 Å². The molecule has 0 aromatic rings. The molecule has 0 N–H and O–H groups in total. The maximum Gasteiger partial charge on any atom is 0.0237 e. The summed E-state index contributed by atoms with van der Waals surface area (Å²) in [6.07, 6.45) is 3.69. The van der Waals surface area contributed by atoms with Crippen LogP contribution in [0.5, 0.6) is 0 Å². The molecule has 0 spiro atoms. The summed E-state index contributed by atoms with van der Waals surface area (Å²) < 4.78 is 0. The van der Waals surface area contributed by atoms with Gasteiger partial charge in [0, 0.05) is 41.6 Å². The summed E-state index contributed by atoms with van der Waals surface area (Å²) >= 11 is 0. The fourth-order valence-corrected chi connectivity index (χ4v) is 1.51. The minimum Gasteiger partial charge on any atom is -0.665 e. The first kappa shape index (κ1) is 23.8. The van der Waals surface area contributed by atoms with Crippen LogP contribution in [0.2, 0.25) is 19.6 Å². The molecule has 0 atom stereocenters. The Bertz CT molecular complexity index is 84.2. The Hall–Kier alpha value is 1.19. The first-order chi connectivity index (χ1) is 4.56. The van der Waals surface area contributed by atoms with Gasteiger partial charge >= 0.3 is 0 Å². The van der Waals surface area contributed by atoms with Crippen LogP contribution in [0.25, 0.3) is 5.32 Å². The van der Waals surface area contributed by atoms with Gasteiger partial charge in [0.2, 0.25) is 0 Å². The van der Waals surface area contributed by atoms with Crippen LogP contribution >= 0.6 is 0 Å². The first-order valence-electron chi connectivity index (χ1n) is 4.19. The predicted molar refractivity (Wildman–Crippen MR) is 57.8 cm³/mol. The molecule has 88 valence electrons. The standard InChI is InChI=1S/C8H20NSi.CH3.2Co/c1-5-6-7-9-8-10(2,3)4;;;/h5-8H2,1-4H3;1H3;;/q2*-1;;. The minimum atomic E-state index is -0.874. The van der Waals surface area contributed by atoms with Crippen molar-refractivity contribution in [3.05, 3.63) is 12.7 Å². The number of hydrogen-bond donors (Lipinski definition) is 0. The fourth-order valence-electron chi connectivity index (χ4n) is 0.684. The van der Waals surface area contributed by atoms with Gasteiger partial charge in [-0.15, -0.1) is 6.54 Å². The summed E-state index contributed by atoms with van der Waals surface area (Å²) in [5.41, 5.74) is 0. The summed E-state index contributed by atoms with van der Waals surface area (Å²) in [4.78, 5) is 0. The van der Waals surface area contributed by atoms with Gasteiger partial charge < -0.3 is 12.7 Å². The van der Waals surface area contributed by atoms with Crippen molar-refractivity contribution in [2.75, 3.05) is 12.7 Å². The maximum atomic E-state index is 4.49. The van der Waals surface area contributed by atoms with Crippen LogP contribution in [0.15, 0.2) is 0 Å². The molecule has 0 aliphatic carbocycles. The van der Waals surface area contributed by atoms with Gasteiger partial charge in [0.05, 0.1) is 0 Å². The SMILES string of the molecule is CCCC[N-]C[Si](C)(C)C.[CH3-].[Co].[Co]. The molecule has 0 unspecified atom stereocenters. The van der Waals surface area contributed by atoms with E-state index in [1.165, 1.54) is 12.8 Å². The van der Waals surface area contributed by atoms with Gasteiger partial charge in [0.1, 0.15) is 0 Å². The molecule has 0 saturated carbocycles. The molecule has 0 amide bonds. The van der Waals surface area contributed by atoms with Crippen molar-refractivity contribution in [1.82, 2.24) is 0 Å². The van der Waals surface area contributed by atoms with Gasteiger partial charge in [0.15, 0.2) is 0 Å². The molecule has 0 aliphatic heterocycles. The summed E-state index contributed by atoms with van der Waals surface area (Å²) in [5.74, 6) is 0. The molecule has 0 saturated heterocycles. The monoisotopic (exact) mass is 291 g/mol. The van der Waals surface area contributed by atoms with Crippen LogP contribution in [0.3, 0.4) is 0 Å². The Balaban J connectivity index is -0.000000135. The number of unbranched alkanes of at least 4 members (excludes halogenated alkanes) is 1. The van der Waals surface area contributed by atoms with E-state index in [-0.39, 0.29) is 41.0 Å². The van der Waals surface area contributed by atoms with E-state index in [0.717, 1.165) is 12.7 Å². The Morgan fingerprint density at radius 2 is 1.54 bits per heavy atom. The van der Waals surface area contributed by atoms with Crippen molar-refractivity contribution < 1.29 is 33.6 Å². The van der Waals surface area contributed by atoms with E-state index in [4.69, 9.17) is 0 Å². The van der Waals surface area contributed by atoms with Gasteiger partial charge in [-0.25, -0.2) is 0 Å². The number of hydrogen-bond acceptors (Lipinski definition) is 0. The van der Waals surface area contributed by atoms with Gasteiger partial charge in [-0.3, -0.25) is 0 Å². The largest absolute Gasteiger partial charge is 0.665 e. The molecule has 0 heterocycles. The zero-order valence-corrected chi connectivity index (χ0v) is 12.5. The number of rotatable bonds is 5. The molecule has 0 aromatic carbocycles. The van der Waals surface area contributed by atoms with Gasteiger partial charge in [-0.05, 0) is 0 Å². The molecule has 0 bridgehead atoms. The number of nitrogens with zero attached hydrogens (tertiary/aromatic N) is 1. The van der Waals surface area contributed by atoms with Crippen LogP contribution < -0.4 is 0 Å². The zero-order chi connectivity index (χ0) is 8.04. The minimum absolute atomic E-state index is 0. The molecule has 0 aromatic heterocycles. The molecule has 0 rings (SSSR count). The Morgan fingerprint density at radius 1 is 1.08 bits per heavy atom. The van der Waals surface area contributed by atoms with Gasteiger partial charge in [-0.1, -0.05) is 39.4 Å². The van der Waals surface area contributed by atoms with Crippen molar-refractivity contribution in [2.24, 2.45) is 0 Å². The molecule has 1 nitrogen and oxygen atoms in total. The average molecular weight is 291 g/mol. The molecule has 0 aliphatic rings. The molecule has 2 radical (unpaired) electrons. The van der Waals surface area contributed by atoms with E-state index < -0.39 is 8.07 Å². The van der Waals surface area contributed by atoms with Crippen molar-refractivity contribution in [3.8, 4) is 0 Å². The van der Waals surface area contributed by atoms with Crippen LogP contribution in [0, 0.1) is 7.43 Å². The van der Waals surface area contributed by atoms with E-state index in [9.17, 15) is 0 Å². The van der Waals surface area contributed by atoms with E-state index in [0.29, 0.717) is 0 Å². The third-order valence-electron chi connectivity index (χ3n) is 1.26. The summed E-state index contributed by atoms with van der Waals surface area (Å²) in [6, 6.07) is 0. The second-order valence-electron chi connectivity index (χ2n) is 4.02. The van der Waals surface area contributed by atoms with E-state index >= 15 is 0 Å². The normalized spacial score (nSPS) is 9.23. The second kappa shape index (κ2) is 13.2. The first-order valence-corrected chi connectivity index (χ1v) is 7.90. The summed E-state index contributed by atoms with van der Waals surface area (Å²) in [5, 5.41) is 4.49. The van der Waals surface area contributed by atoms with Gasteiger partial charge in [-0.2, -0.15) is 6.17 Å². The molecular formula is C9H23Co2NSi-2. The van der Waals surface area contributed by atoms with E-state index in [2.05, 4.69) is 31.9 Å². The predicted octanol–water partition coefficient (Wildman–Crippen LogP) is 3.48. The van der Waals surface area contributed by atoms with Crippen LogP contribution in [-0.4, -0.2) is 20.8 Å². The van der Waals surface area contributed by atoms with Crippen LogP contribution in [0.4, 0.5) is 0 Å². The van der Waals surface area contributed by atoms with Crippen molar-refractivity contribution >= 4 is 8.07 Å². The van der Waals surface area contributed by atoms with Crippen molar-refractivity contribution in [1.29, 1.82) is 0 Å². The smallest absolute Gasteiger partial charge is 0.0237 e. The van der Waals surface area contributed by atoms with E-state index in [1.54, 1.807) is 0 Å². The van der Waals surface area contributed by atoms with Crippen LogP contribution in [0.1, 0.15) is 19.8 Å². The quantitative estimate of drug-likeness (QED) is 0.418. The third-order valence-corrected chi connectivity index (χ3v) is 2.43. The third kappa shape index (κ3) is 24.6. The van der Waals surface area contributed by atoms with E-state index in [1.807, 2.05) is 0 Å². The second-order valence-corrected chi connectivity index (χ2v) is 9.46. The van der Waals surface area contributed by atoms with Crippen molar-refractivity contribution in [3.63, 3.8) is 0 Å². The zero-order valence-electron chi connectivity index (χ0n) is 9.44. The molecule has 13 heavy (non-hydrogen) atoms. The average Bonchev–Trinajstić information content (AvgIpc) is 1.78. The van der Waals surface area contributed by atoms with Gasteiger partial charge in [0.25, 0.3) is 0 Å². The summed E-state index contributed by atoms with van der Waals surface area (Å²) in [7, 11) is -0.874. The topological polar surface area (TPSA) is 14.1 Å².